The van der Waals surface area contributed by atoms with Crippen molar-refractivity contribution < 1.29 is 9.53 Å². The van der Waals surface area contributed by atoms with E-state index in [0.717, 1.165) is 16.5 Å². The summed E-state index contributed by atoms with van der Waals surface area (Å²) >= 11 is 0. The molecule has 0 spiro atoms. The van der Waals surface area contributed by atoms with Crippen molar-refractivity contribution in [3.63, 3.8) is 0 Å². The Labute approximate surface area is 80.3 Å². The molecule has 0 saturated heterocycles. The van der Waals surface area contributed by atoms with Crippen LogP contribution < -0.4 is 0 Å². The van der Waals surface area contributed by atoms with Gasteiger partial charge in [-0.05, 0) is 6.07 Å². The number of esters is 1. The molecule has 0 bridgehead atoms. The van der Waals surface area contributed by atoms with E-state index < -0.39 is 0 Å². The lowest BCUT2D eigenvalue weighted by Gasteiger charge is -1.99. The van der Waals surface area contributed by atoms with Crippen molar-refractivity contribution in [1.29, 1.82) is 0 Å². The molecule has 14 heavy (non-hydrogen) atoms. The molecule has 1 aliphatic rings. The first-order valence-electron chi connectivity index (χ1n) is 4.40. The highest BCUT2D eigenvalue weighted by Gasteiger charge is 2.23. The fraction of sp³-hybridized carbons (Fsp3) is 0.0909. The largest absolute Gasteiger partial charge is 0.457 e. The highest BCUT2D eigenvalue weighted by atomic mass is 16.5. The van der Waals surface area contributed by atoms with Crippen LogP contribution in [0.25, 0.3) is 10.9 Å². The Balaban J connectivity index is 2.44. The molecule has 3 nitrogen and oxygen atoms in total. The van der Waals surface area contributed by atoms with E-state index in [0.29, 0.717) is 12.2 Å². The number of carbonyl (C=O) groups is 1. The third kappa shape index (κ3) is 0.865. The van der Waals surface area contributed by atoms with Gasteiger partial charge in [0.25, 0.3) is 0 Å². The van der Waals surface area contributed by atoms with Crippen molar-refractivity contribution >= 4 is 16.9 Å². The van der Waals surface area contributed by atoms with Crippen LogP contribution >= 0.6 is 0 Å². The van der Waals surface area contributed by atoms with Gasteiger partial charge in [0.15, 0.2) is 0 Å². The predicted molar refractivity (Wildman–Crippen MR) is 50.9 cm³/mol. The van der Waals surface area contributed by atoms with Gasteiger partial charge in [-0.2, -0.15) is 0 Å². The van der Waals surface area contributed by atoms with Crippen LogP contribution in [0.5, 0.6) is 0 Å². The number of ether oxygens (including phenoxy) is 1. The number of hydrogen-bond acceptors (Lipinski definition) is 3. The van der Waals surface area contributed by atoms with Crippen LogP contribution in [0.4, 0.5) is 0 Å². The molecule has 1 aliphatic heterocycles. The maximum atomic E-state index is 11.2. The van der Waals surface area contributed by atoms with Crippen molar-refractivity contribution in [3.05, 3.63) is 41.6 Å². The van der Waals surface area contributed by atoms with Crippen LogP contribution in [0, 0.1) is 0 Å². The molecular weight excluding hydrogens is 178 g/mol. The predicted octanol–water partition coefficient (Wildman–Crippen LogP) is 1.91. The van der Waals surface area contributed by atoms with Crippen molar-refractivity contribution in [2.45, 2.75) is 6.61 Å². The number of rotatable bonds is 0. The van der Waals surface area contributed by atoms with E-state index in [1.54, 1.807) is 6.20 Å². The van der Waals surface area contributed by atoms with E-state index >= 15 is 0 Å². The monoisotopic (exact) mass is 185 g/mol. The summed E-state index contributed by atoms with van der Waals surface area (Å²) in [5, 5.41) is 1.01. The Bertz CT molecular complexity index is 534. The second-order valence-corrected chi connectivity index (χ2v) is 3.24. The Kier molecular flexibility index (Phi) is 1.36. The summed E-state index contributed by atoms with van der Waals surface area (Å²) in [5.74, 6) is -0.266. The maximum absolute atomic E-state index is 11.2. The number of hydrogen-bond donors (Lipinski definition) is 0. The zero-order valence-electron chi connectivity index (χ0n) is 7.36. The smallest absolute Gasteiger partial charge is 0.340 e. The fourth-order valence-corrected chi connectivity index (χ4v) is 1.75. The van der Waals surface area contributed by atoms with Gasteiger partial charge in [-0.25, -0.2) is 4.79 Å². The van der Waals surface area contributed by atoms with Gasteiger partial charge in [-0.1, -0.05) is 18.2 Å². The van der Waals surface area contributed by atoms with Crippen molar-refractivity contribution in [2.75, 3.05) is 0 Å². The second-order valence-electron chi connectivity index (χ2n) is 3.24. The van der Waals surface area contributed by atoms with Gasteiger partial charge in [0.1, 0.15) is 6.61 Å². The molecule has 2 aromatic rings. The van der Waals surface area contributed by atoms with Crippen LogP contribution in [-0.2, 0) is 11.3 Å². The first-order valence-corrected chi connectivity index (χ1v) is 4.40. The summed E-state index contributed by atoms with van der Waals surface area (Å²) in [7, 11) is 0. The molecule has 3 rings (SSSR count). The number of para-hydroxylation sites is 1. The normalized spacial score (nSPS) is 14.1. The molecular formula is C11H7NO2. The average molecular weight is 185 g/mol. The summed E-state index contributed by atoms with van der Waals surface area (Å²) in [6.07, 6.45) is 1.59. The quantitative estimate of drug-likeness (QED) is 0.588. The number of aromatic nitrogens is 1. The molecule has 0 amide bonds. The third-order valence-electron chi connectivity index (χ3n) is 2.45. The first-order chi connectivity index (χ1) is 6.86. The molecule has 0 atom stereocenters. The summed E-state index contributed by atoms with van der Waals surface area (Å²) in [6, 6.07) is 7.76. The molecule has 0 aliphatic carbocycles. The molecule has 68 valence electrons. The highest BCUT2D eigenvalue weighted by molar-refractivity contribution is 5.99. The molecule has 2 heterocycles. The van der Waals surface area contributed by atoms with Gasteiger partial charge in [-0.3, -0.25) is 4.98 Å². The topological polar surface area (TPSA) is 39.2 Å². The van der Waals surface area contributed by atoms with Crippen molar-refractivity contribution in [2.24, 2.45) is 0 Å². The molecule has 0 unspecified atom stereocenters. The van der Waals surface area contributed by atoms with Gasteiger partial charge < -0.3 is 4.74 Å². The minimum absolute atomic E-state index is 0.266. The molecule has 1 aromatic heterocycles. The Morgan fingerprint density at radius 3 is 3.07 bits per heavy atom. The Hall–Kier alpha value is -1.90. The molecule has 0 saturated carbocycles. The number of benzene rings is 1. The zero-order valence-corrected chi connectivity index (χ0v) is 7.36. The molecule has 0 N–H and O–H groups in total. The van der Waals surface area contributed by atoms with E-state index in [2.05, 4.69) is 4.98 Å². The van der Waals surface area contributed by atoms with Crippen molar-refractivity contribution in [3.8, 4) is 0 Å². The first kappa shape index (κ1) is 7.50. The van der Waals surface area contributed by atoms with E-state index in [9.17, 15) is 4.79 Å². The van der Waals surface area contributed by atoms with Gasteiger partial charge in [0.05, 0.1) is 11.1 Å². The summed E-state index contributed by atoms with van der Waals surface area (Å²) < 4.78 is 4.95. The summed E-state index contributed by atoms with van der Waals surface area (Å²) in [6.45, 7) is 0.372. The van der Waals surface area contributed by atoms with Gasteiger partial charge in [0.2, 0.25) is 0 Å². The van der Waals surface area contributed by atoms with Crippen LogP contribution in [-0.4, -0.2) is 11.0 Å². The van der Waals surface area contributed by atoms with E-state index in [4.69, 9.17) is 4.74 Å². The highest BCUT2D eigenvalue weighted by Crippen LogP contribution is 2.26. The molecule has 0 radical (unpaired) electrons. The number of fused-ring (bicyclic) bond motifs is 3. The minimum Gasteiger partial charge on any atom is -0.457 e. The third-order valence-corrected chi connectivity index (χ3v) is 2.45. The summed E-state index contributed by atoms with van der Waals surface area (Å²) in [5.41, 5.74) is 2.47. The number of carbonyl (C=O) groups excluding carboxylic acids is 1. The van der Waals surface area contributed by atoms with Crippen LogP contribution in [0.3, 0.4) is 0 Å². The second kappa shape index (κ2) is 2.54. The molecule has 3 heteroatoms. The van der Waals surface area contributed by atoms with Gasteiger partial charge >= 0.3 is 5.97 Å². The number of nitrogens with zero attached hydrogens (tertiary/aromatic N) is 1. The van der Waals surface area contributed by atoms with Gasteiger partial charge in [0, 0.05) is 17.1 Å². The van der Waals surface area contributed by atoms with Gasteiger partial charge in [-0.15, -0.1) is 0 Å². The van der Waals surface area contributed by atoms with E-state index in [1.807, 2.05) is 24.3 Å². The van der Waals surface area contributed by atoms with E-state index in [-0.39, 0.29) is 5.97 Å². The number of cyclic esters (lactones) is 1. The van der Waals surface area contributed by atoms with Crippen molar-refractivity contribution in [1.82, 2.24) is 4.98 Å². The Morgan fingerprint density at radius 2 is 2.14 bits per heavy atom. The number of pyridine rings is 1. The average Bonchev–Trinajstić information content (AvgIpc) is 2.61. The summed E-state index contributed by atoms with van der Waals surface area (Å²) in [4.78, 5) is 15.4. The van der Waals surface area contributed by atoms with E-state index in [1.165, 1.54) is 0 Å². The minimum atomic E-state index is -0.266. The zero-order chi connectivity index (χ0) is 9.54. The SMILES string of the molecule is O=C1OCc2c1cnc1ccccc21. The van der Waals surface area contributed by atoms with Crippen LogP contribution in [0.1, 0.15) is 15.9 Å². The molecule has 0 fully saturated rings. The van der Waals surface area contributed by atoms with Crippen LogP contribution in [0.2, 0.25) is 0 Å². The lowest BCUT2D eigenvalue weighted by Crippen LogP contribution is -1.94. The molecule has 1 aromatic carbocycles. The maximum Gasteiger partial charge on any atom is 0.340 e. The lowest BCUT2D eigenvalue weighted by molar-refractivity contribution is 0.0535. The van der Waals surface area contributed by atoms with Crippen LogP contribution in [0.15, 0.2) is 30.5 Å². The fourth-order valence-electron chi connectivity index (χ4n) is 1.75. The standard InChI is InChI=1S/C11H7NO2/c13-11-8-5-12-10-4-2-1-3-7(10)9(8)6-14-11/h1-5H,6H2. The lowest BCUT2D eigenvalue weighted by atomic mass is 10.1. The Morgan fingerprint density at radius 1 is 1.29 bits per heavy atom.